The van der Waals surface area contributed by atoms with Gasteiger partial charge in [-0.15, -0.1) is 0 Å². The van der Waals surface area contributed by atoms with Gasteiger partial charge in [-0.2, -0.15) is 13.2 Å². The van der Waals surface area contributed by atoms with Gasteiger partial charge in [-0.05, 0) is 53.9 Å². The van der Waals surface area contributed by atoms with Crippen molar-refractivity contribution in [2.75, 3.05) is 5.73 Å². The largest absolute Gasteiger partial charge is 0.416 e. The average molecular weight is 320 g/mol. The van der Waals surface area contributed by atoms with Gasteiger partial charge in [0.2, 0.25) is 0 Å². The number of halogens is 5. The number of anilines is 1. The predicted octanol–water partition coefficient (Wildman–Crippen LogP) is 5.57. The van der Waals surface area contributed by atoms with Crippen LogP contribution >= 0.6 is 23.2 Å². The molecular weight excluding hydrogens is 310 g/mol. The molecule has 0 aromatic heterocycles. The number of alkyl halides is 3. The Labute approximate surface area is 124 Å². The van der Waals surface area contributed by atoms with E-state index < -0.39 is 11.7 Å². The molecule has 0 saturated heterocycles. The average Bonchev–Trinajstić information content (AvgIpc) is 2.29. The molecule has 0 bridgehead atoms. The van der Waals surface area contributed by atoms with Crippen molar-refractivity contribution in [3.8, 4) is 11.1 Å². The monoisotopic (exact) mass is 319 g/mol. The number of rotatable bonds is 1. The summed E-state index contributed by atoms with van der Waals surface area (Å²) in [6, 6.07) is 7.12. The summed E-state index contributed by atoms with van der Waals surface area (Å²) in [6.07, 6.45) is -4.46. The molecule has 0 saturated carbocycles. The summed E-state index contributed by atoms with van der Waals surface area (Å²) in [5.41, 5.74) is 5.80. The number of nitrogens with two attached hydrogens (primary N) is 1. The van der Waals surface area contributed by atoms with Crippen molar-refractivity contribution in [3.05, 3.63) is 51.5 Å². The standard InChI is InChI=1S/C14H10Cl2F3N/c1-7-12(14(17,18)19)4-9(5-13(7)20)8-2-10(15)6-11(16)3-8/h2-6H,20H2,1H3. The van der Waals surface area contributed by atoms with Crippen LogP contribution in [0.3, 0.4) is 0 Å². The molecular formula is C14H10Cl2F3N. The minimum atomic E-state index is -4.46. The lowest BCUT2D eigenvalue weighted by Crippen LogP contribution is -2.09. The summed E-state index contributed by atoms with van der Waals surface area (Å²) in [5, 5.41) is 0.695. The molecule has 2 aromatic rings. The molecule has 0 spiro atoms. The van der Waals surface area contributed by atoms with Gasteiger partial charge < -0.3 is 5.73 Å². The summed E-state index contributed by atoms with van der Waals surface area (Å²) in [6.45, 7) is 1.34. The fourth-order valence-electron chi connectivity index (χ4n) is 1.92. The van der Waals surface area contributed by atoms with Crippen molar-refractivity contribution in [1.82, 2.24) is 0 Å². The van der Waals surface area contributed by atoms with Crippen molar-refractivity contribution in [2.24, 2.45) is 0 Å². The molecule has 1 nitrogen and oxygen atoms in total. The SMILES string of the molecule is Cc1c(N)cc(-c2cc(Cl)cc(Cl)c2)cc1C(F)(F)F. The highest BCUT2D eigenvalue weighted by Crippen LogP contribution is 2.38. The molecule has 6 heteroatoms. The fraction of sp³-hybridized carbons (Fsp3) is 0.143. The Bertz CT molecular complexity index is 646. The molecule has 0 aliphatic rings. The minimum absolute atomic E-state index is 0.00868. The van der Waals surface area contributed by atoms with E-state index in [2.05, 4.69) is 0 Å². The second kappa shape index (κ2) is 5.19. The van der Waals surface area contributed by atoms with E-state index >= 15 is 0 Å². The van der Waals surface area contributed by atoms with E-state index in [1.807, 2.05) is 0 Å². The van der Waals surface area contributed by atoms with E-state index in [1.165, 1.54) is 31.2 Å². The van der Waals surface area contributed by atoms with Gasteiger partial charge in [0.15, 0.2) is 0 Å². The number of hydrogen-bond donors (Lipinski definition) is 1. The lowest BCUT2D eigenvalue weighted by molar-refractivity contribution is -0.137. The van der Waals surface area contributed by atoms with Crippen LogP contribution in [0.4, 0.5) is 18.9 Å². The second-order valence-electron chi connectivity index (χ2n) is 4.39. The van der Waals surface area contributed by atoms with Gasteiger partial charge in [-0.3, -0.25) is 0 Å². The first-order valence-electron chi connectivity index (χ1n) is 5.62. The Morgan fingerprint density at radius 1 is 0.900 bits per heavy atom. The molecule has 0 unspecified atom stereocenters. The lowest BCUT2D eigenvalue weighted by Gasteiger charge is -2.15. The zero-order valence-electron chi connectivity index (χ0n) is 10.4. The first kappa shape index (κ1) is 15.0. The van der Waals surface area contributed by atoms with Crippen LogP contribution in [0.1, 0.15) is 11.1 Å². The molecule has 0 aliphatic heterocycles. The second-order valence-corrected chi connectivity index (χ2v) is 5.27. The third-order valence-corrected chi connectivity index (χ3v) is 3.39. The van der Waals surface area contributed by atoms with Crippen molar-refractivity contribution in [3.63, 3.8) is 0 Å². The maximum Gasteiger partial charge on any atom is 0.416 e. The molecule has 0 radical (unpaired) electrons. The zero-order chi connectivity index (χ0) is 15.1. The number of hydrogen-bond acceptors (Lipinski definition) is 1. The van der Waals surface area contributed by atoms with Crippen LogP contribution in [-0.2, 0) is 6.18 Å². The highest BCUT2D eigenvalue weighted by molar-refractivity contribution is 6.35. The van der Waals surface area contributed by atoms with Crippen LogP contribution in [0.5, 0.6) is 0 Å². The summed E-state index contributed by atoms with van der Waals surface area (Å²) in [5.74, 6) is 0. The van der Waals surface area contributed by atoms with E-state index in [0.717, 1.165) is 6.07 Å². The summed E-state index contributed by atoms with van der Waals surface area (Å²) in [7, 11) is 0. The van der Waals surface area contributed by atoms with Crippen LogP contribution in [0.15, 0.2) is 30.3 Å². The number of benzene rings is 2. The van der Waals surface area contributed by atoms with Gasteiger partial charge in [0.1, 0.15) is 0 Å². The van der Waals surface area contributed by atoms with Crippen molar-refractivity contribution in [2.45, 2.75) is 13.1 Å². The minimum Gasteiger partial charge on any atom is -0.398 e. The predicted molar refractivity (Wildman–Crippen MR) is 76.0 cm³/mol. The molecule has 0 aliphatic carbocycles. The molecule has 0 amide bonds. The third kappa shape index (κ3) is 3.02. The van der Waals surface area contributed by atoms with E-state index in [1.54, 1.807) is 0 Å². The van der Waals surface area contributed by atoms with Gasteiger partial charge in [0.05, 0.1) is 5.56 Å². The molecule has 2 rings (SSSR count). The summed E-state index contributed by atoms with van der Waals surface area (Å²) in [4.78, 5) is 0. The normalized spacial score (nSPS) is 11.7. The first-order chi connectivity index (χ1) is 9.18. The smallest absolute Gasteiger partial charge is 0.398 e. The van der Waals surface area contributed by atoms with E-state index in [0.29, 0.717) is 21.2 Å². The van der Waals surface area contributed by atoms with Crippen LogP contribution < -0.4 is 5.73 Å². The topological polar surface area (TPSA) is 26.0 Å². The first-order valence-corrected chi connectivity index (χ1v) is 6.38. The summed E-state index contributed by atoms with van der Waals surface area (Å²) >= 11 is 11.7. The van der Waals surface area contributed by atoms with Gasteiger partial charge in [-0.1, -0.05) is 23.2 Å². The van der Waals surface area contributed by atoms with E-state index in [9.17, 15) is 13.2 Å². The van der Waals surface area contributed by atoms with Crippen molar-refractivity contribution < 1.29 is 13.2 Å². The Morgan fingerprint density at radius 3 is 1.90 bits per heavy atom. The molecule has 106 valence electrons. The van der Waals surface area contributed by atoms with Crippen LogP contribution in [-0.4, -0.2) is 0 Å². The zero-order valence-corrected chi connectivity index (χ0v) is 11.9. The lowest BCUT2D eigenvalue weighted by atomic mass is 9.98. The quantitative estimate of drug-likeness (QED) is 0.683. The highest BCUT2D eigenvalue weighted by Gasteiger charge is 2.33. The fourth-order valence-corrected chi connectivity index (χ4v) is 2.44. The molecule has 2 N–H and O–H groups in total. The highest BCUT2D eigenvalue weighted by atomic mass is 35.5. The van der Waals surface area contributed by atoms with E-state index in [-0.39, 0.29) is 11.3 Å². The van der Waals surface area contributed by atoms with Gasteiger partial charge in [0.25, 0.3) is 0 Å². The maximum atomic E-state index is 13.0. The van der Waals surface area contributed by atoms with Crippen LogP contribution in [0.2, 0.25) is 10.0 Å². The van der Waals surface area contributed by atoms with Crippen LogP contribution in [0.25, 0.3) is 11.1 Å². The Kier molecular flexibility index (Phi) is 3.89. The summed E-state index contributed by atoms with van der Waals surface area (Å²) < 4.78 is 38.9. The van der Waals surface area contributed by atoms with Gasteiger partial charge >= 0.3 is 6.18 Å². The molecule has 0 atom stereocenters. The molecule has 0 heterocycles. The van der Waals surface area contributed by atoms with Gasteiger partial charge in [-0.25, -0.2) is 0 Å². The molecule has 20 heavy (non-hydrogen) atoms. The van der Waals surface area contributed by atoms with Crippen molar-refractivity contribution >= 4 is 28.9 Å². The Balaban J connectivity index is 2.67. The van der Waals surface area contributed by atoms with Crippen LogP contribution in [0, 0.1) is 6.92 Å². The third-order valence-electron chi connectivity index (χ3n) is 2.95. The Morgan fingerprint density at radius 2 is 1.40 bits per heavy atom. The maximum absolute atomic E-state index is 13.0. The molecule has 2 aromatic carbocycles. The van der Waals surface area contributed by atoms with Crippen molar-refractivity contribution in [1.29, 1.82) is 0 Å². The Hall–Kier alpha value is -1.39. The van der Waals surface area contributed by atoms with E-state index in [4.69, 9.17) is 28.9 Å². The number of nitrogen functional groups attached to an aromatic ring is 1. The van der Waals surface area contributed by atoms with Gasteiger partial charge in [0, 0.05) is 15.7 Å². The molecule has 0 fully saturated rings.